The molecule has 0 aliphatic carbocycles. The average Bonchev–Trinajstić information content (AvgIpc) is 2.57. The maximum absolute atomic E-state index is 12.7. The molecule has 1 saturated heterocycles. The highest BCUT2D eigenvalue weighted by atomic mass is 35.5. The number of hydrogen-bond acceptors (Lipinski definition) is 4. The highest BCUT2D eigenvalue weighted by Crippen LogP contribution is 2.25. The number of carbonyl (C=O) groups is 1. The molecule has 2 heterocycles. The zero-order valence-corrected chi connectivity index (χ0v) is 15.6. The number of nitrogens with zero attached hydrogens (tertiary/aromatic N) is 3. The fourth-order valence-corrected chi connectivity index (χ4v) is 3.36. The van der Waals surface area contributed by atoms with E-state index >= 15 is 0 Å². The quantitative estimate of drug-likeness (QED) is 0.903. The van der Waals surface area contributed by atoms with Crippen molar-refractivity contribution in [3.05, 3.63) is 46.2 Å². The predicted molar refractivity (Wildman–Crippen MR) is 101 cm³/mol. The Morgan fingerprint density at radius 1 is 1.20 bits per heavy atom. The average molecular weight is 359 g/mol. The molecule has 5 nitrogen and oxygen atoms in total. The maximum Gasteiger partial charge on any atom is 0.229 e. The van der Waals surface area contributed by atoms with Gasteiger partial charge in [-0.2, -0.15) is 0 Å². The van der Waals surface area contributed by atoms with Crippen molar-refractivity contribution >= 4 is 29.1 Å². The summed E-state index contributed by atoms with van der Waals surface area (Å²) < 4.78 is 0. The standard InChI is InChI=1S/C19H23ClN4O/c1-12-6-7-16(20)10-17(12)23-18(25)15-5-4-8-24(11-15)19-21-13(2)9-14(3)22-19/h6-7,9-10,15H,4-5,8,11H2,1-3H3,(H,23,25). The van der Waals surface area contributed by atoms with Gasteiger partial charge < -0.3 is 10.2 Å². The molecule has 0 bridgehead atoms. The first kappa shape index (κ1) is 17.7. The molecule has 2 aromatic rings. The smallest absolute Gasteiger partial charge is 0.229 e. The molecule has 1 unspecified atom stereocenters. The number of nitrogens with one attached hydrogen (secondary N) is 1. The second-order valence-electron chi connectivity index (χ2n) is 6.68. The summed E-state index contributed by atoms with van der Waals surface area (Å²) in [4.78, 5) is 23.9. The molecule has 1 aromatic carbocycles. The number of piperidine rings is 1. The van der Waals surface area contributed by atoms with Crippen molar-refractivity contribution in [3.63, 3.8) is 0 Å². The first-order valence-corrected chi connectivity index (χ1v) is 8.94. The van der Waals surface area contributed by atoms with Crippen LogP contribution in [0.5, 0.6) is 0 Å². The van der Waals surface area contributed by atoms with Crippen LogP contribution in [-0.2, 0) is 4.79 Å². The molecule has 1 atom stereocenters. The summed E-state index contributed by atoms with van der Waals surface area (Å²) >= 11 is 6.04. The highest BCUT2D eigenvalue weighted by Gasteiger charge is 2.27. The molecule has 6 heteroatoms. The lowest BCUT2D eigenvalue weighted by Crippen LogP contribution is -2.41. The molecule has 0 radical (unpaired) electrons. The highest BCUT2D eigenvalue weighted by molar-refractivity contribution is 6.31. The molecule has 1 fully saturated rings. The third-order valence-corrected chi connectivity index (χ3v) is 4.74. The zero-order chi connectivity index (χ0) is 18.0. The second kappa shape index (κ2) is 7.40. The van der Waals surface area contributed by atoms with Gasteiger partial charge in [-0.05, 0) is 57.4 Å². The van der Waals surface area contributed by atoms with Crippen LogP contribution in [-0.4, -0.2) is 29.0 Å². The number of benzene rings is 1. The van der Waals surface area contributed by atoms with Crippen LogP contribution in [0.1, 0.15) is 29.8 Å². The minimum atomic E-state index is -0.0865. The van der Waals surface area contributed by atoms with E-state index in [1.54, 1.807) is 6.07 Å². The number of rotatable bonds is 3. The van der Waals surface area contributed by atoms with E-state index in [2.05, 4.69) is 20.2 Å². The number of halogens is 1. The van der Waals surface area contributed by atoms with Crippen LogP contribution < -0.4 is 10.2 Å². The fourth-order valence-electron chi connectivity index (χ4n) is 3.19. The van der Waals surface area contributed by atoms with Gasteiger partial charge in [0.05, 0.1) is 5.92 Å². The Kier molecular flexibility index (Phi) is 5.23. The van der Waals surface area contributed by atoms with E-state index in [0.29, 0.717) is 17.5 Å². The normalized spacial score (nSPS) is 17.4. The van der Waals surface area contributed by atoms with E-state index in [-0.39, 0.29) is 11.8 Å². The summed E-state index contributed by atoms with van der Waals surface area (Å²) in [6.07, 6.45) is 1.82. The minimum Gasteiger partial charge on any atom is -0.340 e. The van der Waals surface area contributed by atoms with Gasteiger partial charge in [-0.25, -0.2) is 9.97 Å². The van der Waals surface area contributed by atoms with Gasteiger partial charge in [0.15, 0.2) is 0 Å². The van der Waals surface area contributed by atoms with E-state index in [1.807, 2.05) is 39.0 Å². The lowest BCUT2D eigenvalue weighted by molar-refractivity contribution is -0.120. The summed E-state index contributed by atoms with van der Waals surface area (Å²) in [5, 5.41) is 3.64. The number of carbonyl (C=O) groups excluding carboxylic acids is 1. The van der Waals surface area contributed by atoms with Gasteiger partial charge in [-0.15, -0.1) is 0 Å². The molecule has 0 saturated carbocycles. The first-order valence-electron chi connectivity index (χ1n) is 8.56. The SMILES string of the molecule is Cc1cc(C)nc(N2CCCC(C(=O)Nc3cc(Cl)ccc3C)C2)n1. The van der Waals surface area contributed by atoms with E-state index in [4.69, 9.17) is 11.6 Å². The van der Waals surface area contributed by atoms with Crippen molar-refractivity contribution in [1.82, 2.24) is 9.97 Å². The Morgan fingerprint density at radius 3 is 2.64 bits per heavy atom. The van der Waals surface area contributed by atoms with Crippen molar-refractivity contribution in [1.29, 1.82) is 0 Å². The summed E-state index contributed by atoms with van der Waals surface area (Å²) in [6.45, 7) is 7.40. The van der Waals surface area contributed by atoms with Gasteiger partial charge in [0.1, 0.15) is 0 Å². The van der Waals surface area contributed by atoms with E-state index in [9.17, 15) is 4.79 Å². The third kappa shape index (κ3) is 4.28. The Hall–Kier alpha value is -2.14. The number of aryl methyl sites for hydroxylation is 3. The molecule has 1 N–H and O–H groups in total. The second-order valence-corrected chi connectivity index (χ2v) is 7.12. The van der Waals surface area contributed by atoms with E-state index < -0.39 is 0 Å². The number of anilines is 2. The summed E-state index contributed by atoms with van der Waals surface area (Å²) in [5.41, 5.74) is 3.67. The van der Waals surface area contributed by atoms with E-state index in [0.717, 1.165) is 42.0 Å². The van der Waals surface area contributed by atoms with Crippen molar-refractivity contribution in [2.75, 3.05) is 23.3 Å². The van der Waals surface area contributed by atoms with E-state index in [1.165, 1.54) is 0 Å². The van der Waals surface area contributed by atoms with Crippen molar-refractivity contribution in [2.24, 2.45) is 5.92 Å². The lowest BCUT2D eigenvalue weighted by Gasteiger charge is -2.32. The molecule has 25 heavy (non-hydrogen) atoms. The van der Waals surface area contributed by atoms with Gasteiger partial charge in [0, 0.05) is 35.2 Å². The Labute approximate surface area is 153 Å². The topological polar surface area (TPSA) is 58.1 Å². The number of aromatic nitrogens is 2. The van der Waals surface area contributed by atoms with Gasteiger partial charge in [-0.3, -0.25) is 4.79 Å². The molecule has 1 aliphatic rings. The molecular formula is C19H23ClN4O. The molecule has 1 aliphatic heterocycles. The fraction of sp³-hybridized carbons (Fsp3) is 0.421. The minimum absolute atomic E-state index is 0.0273. The predicted octanol–water partition coefficient (Wildman–Crippen LogP) is 3.91. The Balaban J connectivity index is 1.72. The monoisotopic (exact) mass is 358 g/mol. The van der Waals surface area contributed by atoms with Crippen molar-refractivity contribution in [2.45, 2.75) is 33.6 Å². The maximum atomic E-state index is 12.7. The van der Waals surface area contributed by atoms with Crippen LogP contribution >= 0.6 is 11.6 Å². The molecule has 1 aromatic heterocycles. The van der Waals surface area contributed by atoms with Crippen molar-refractivity contribution in [3.8, 4) is 0 Å². The van der Waals surface area contributed by atoms with Crippen LogP contribution in [0, 0.1) is 26.7 Å². The molecule has 132 valence electrons. The van der Waals surface area contributed by atoms with Crippen molar-refractivity contribution < 1.29 is 4.79 Å². The zero-order valence-electron chi connectivity index (χ0n) is 14.8. The van der Waals surface area contributed by atoms with Crippen LogP contribution in [0.3, 0.4) is 0 Å². The third-order valence-electron chi connectivity index (χ3n) is 4.50. The first-order chi connectivity index (χ1) is 11.9. The summed E-state index contributed by atoms with van der Waals surface area (Å²) in [5.74, 6) is 0.657. The number of amides is 1. The summed E-state index contributed by atoms with van der Waals surface area (Å²) in [7, 11) is 0. The molecule has 3 rings (SSSR count). The van der Waals surface area contributed by atoms with Gasteiger partial charge in [0.2, 0.25) is 11.9 Å². The van der Waals surface area contributed by atoms with Gasteiger partial charge in [-0.1, -0.05) is 17.7 Å². The molecular weight excluding hydrogens is 336 g/mol. The molecule has 1 amide bonds. The van der Waals surface area contributed by atoms with Crippen LogP contribution in [0.4, 0.5) is 11.6 Å². The van der Waals surface area contributed by atoms with Crippen LogP contribution in [0.25, 0.3) is 0 Å². The Bertz CT molecular complexity index is 773. The van der Waals surface area contributed by atoms with Gasteiger partial charge >= 0.3 is 0 Å². The lowest BCUT2D eigenvalue weighted by atomic mass is 9.97. The Morgan fingerprint density at radius 2 is 1.92 bits per heavy atom. The van der Waals surface area contributed by atoms with Gasteiger partial charge in [0.25, 0.3) is 0 Å². The molecule has 0 spiro atoms. The van der Waals surface area contributed by atoms with Crippen LogP contribution in [0.15, 0.2) is 24.3 Å². The number of hydrogen-bond donors (Lipinski definition) is 1. The largest absolute Gasteiger partial charge is 0.340 e. The summed E-state index contributed by atoms with van der Waals surface area (Å²) in [6, 6.07) is 7.49. The van der Waals surface area contributed by atoms with Crippen LogP contribution in [0.2, 0.25) is 5.02 Å².